The lowest BCUT2D eigenvalue weighted by Gasteiger charge is -2.33. The molecule has 1 saturated heterocycles. The zero-order valence-electron chi connectivity index (χ0n) is 17.3. The average molecular weight is 434 g/mol. The normalized spacial score (nSPS) is 16.3. The summed E-state index contributed by atoms with van der Waals surface area (Å²) in [7, 11) is -3.57. The van der Waals surface area contributed by atoms with E-state index in [1.165, 1.54) is 18.2 Å². The Morgan fingerprint density at radius 3 is 2.37 bits per heavy atom. The molecule has 1 aliphatic rings. The third-order valence-corrected chi connectivity index (χ3v) is 7.07. The van der Waals surface area contributed by atoms with Crippen LogP contribution in [0.2, 0.25) is 0 Å². The first kappa shape index (κ1) is 22.2. The lowest BCUT2D eigenvalue weighted by molar-refractivity contribution is -0.120. The van der Waals surface area contributed by atoms with E-state index in [0.29, 0.717) is 43.7 Å². The monoisotopic (exact) mass is 433 g/mol. The van der Waals surface area contributed by atoms with Crippen LogP contribution < -0.4 is 14.9 Å². The van der Waals surface area contributed by atoms with Gasteiger partial charge >= 0.3 is 0 Å². The van der Waals surface area contributed by atoms with Gasteiger partial charge in [0.25, 0.3) is 0 Å². The summed E-state index contributed by atoms with van der Waals surface area (Å²) in [5.74, 6) is -0.515. The number of nitrogens with zero attached hydrogens (tertiary/aromatic N) is 1. The maximum atomic E-state index is 14.0. The van der Waals surface area contributed by atoms with Gasteiger partial charge in [0.1, 0.15) is 5.82 Å². The highest BCUT2D eigenvalue weighted by Crippen LogP contribution is 2.26. The number of carbonyl (C=O) groups is 1. The average Bonchev–Trinajstić information content (AvgIpc) is 2.74. The van der Waals surface area contributed by atoms with Crippen LogP contribution in [0.1, 0.15) is 33.1 Å². The van der Waals surface area contributed by atoms with Crippen LogP contribution in [0.4, 0.5) is 15.8 Å². The van der Waals surface area contributed by atoms with Gasteiger partial charge < -0.3 is 10.2 Å². The Kier molecular flexibility index (Phi) is 7.10. The molecule has 2 N–H and O–H groups in total. The molecule has 0 bridgehead atoms. The molecule has 0 radical (unpaired) electrons. The minimum atomic E-state index is -3.57. The molecule has 8 heteroatoms. The maximum Gasteiger partial charge on any atom is 0.240 e. The Labute approximate surface area is 177 Å². The third kappa shape index (κ3) is 5.37. The Morgan fingerprint density at radius 1 is 1.13 bits per heavy atom. The van der Waals surface area contributed by atoms with Gasteiger partial charge in [-0.3, -0.25) is 4.79 Å². The van der Waals surface area contributed by atoms with Crippen LogP contribution in [0.15, 0.2) is 53.4 Å². The summed E-state index contributed by atoms with van der Waals surface area (Å²) in [5.41, 5.74) is 1.12. The number of carbonyl (C=O) groups excluding carboxylic acids is 1. The van der Waals surface area contributed by atoms with E-state index in [0.717, 1.165) is 0 Å². The summed E-state index contributed by atoms with van der Waals surface area (Å²) in [6.45, 7) is 4.94. The molecule has 1 heterocycles. The first-order chi connectivity index (χ1) is 14.3. The van der Waals surface area contributed by atoms with Crippen molar-refractivity contribution < 1.29 is 17.6 Å². The topological polar surface area (TPSA) is 78.5 Å². The molecule has 162 valence electrons. The van der Waals surface area contributed by atoms with E-state index in [4.69, 9.17) is 0 Å². The van der Waals surface area contributed by atoms with Crippen molar-refractivity contribution in [3.63, 3.8) is 0 Å². The second kappa shape index (κ2) is 9.57. The molecule has 3 rings (SSSR count). The van der Waals surface area contributed by atoms with Gasteiger partial charge in [-0.2, -0.15) is 0 Å². The van der Waals surface area contributed by atoms with Crippen LogP contribution in [-0.4, -0.2) is 33.5 Å². The van der Waals surface area contributed by atoms with Crippen molar-refractivity contribution in [2.24, 2.45) is 5.92 Å². The molecule has 2 aromatic carbocycles. The fraction of sp³-hybridized carbons (Fsp3) is 0.409. The van der Waals surface area contributed by atoms with E-state index < -0.39 is 10.0 Å². The van der Waals surface area contributed by atoms with Gasteiger partial charge in [-0.05, 0) is 62.6 Å². The predicted molar refractivity (Wildman–Crippen MR) is 116 cm³/mol. The molecule has 30 heavy (non-hydrogen) atoms. The largest absolute Gasteiger partial charge is 0.369 e. The highest BCUT2D eigenvalue weighted by Gasteiger charge is 2.26. The summed E-state index contributed by atoms with van der Waals surface area (Å²) in [4.78, 5) is 14.7. The van der Waals surface area contributed by atoms with Crippen molar-refractivity contribution in [2.75, 3.05) is 23.3 Å². The minimum Gasteiger partial charge on any atom is -0.369 e. The molecule has 0 aromatic heterocycles. The molecule has 0 saturated carbocycles. The number of sulfonamides is 1. The first-order valence-electron chi connectivity index (χ1n) is 10.2. The van der Waals surface area contributed by atoms with Gasteiger partial charge in [0.15, 0.2) is 0 Å². The maximum absolute atomic E-state index is 14.0. The number of halogens is 1. The van der Waals surface area contributed by atoms with Crippen LogP contribution >= 0.6 is 0 Å². The SMILES string of the molecule is CCC(C)NS(=O)(=O)c1ccc(NC(=O)C2CCN(c3ccccc3F)CC2)cc1. The summed E-state index contributed by atoms with van der Waals surface area (Å²) >= 11 is 0. The van der Waals surface area contributed by atoms with Crippen LogP contribution in [0.3, 0.4) is 0 Å². The second-order valence-corrected chi connectivity index (χ2v) is 9.37. The molecule has 1 atom stereocenters. The number of amides is 1. The van der Waals surface area contributed by atoms with E-state index in [9.17, 15) is 17.6 Å². The minimum absolute atomic E-state index is 0.100. The van der Waals surface area contributed by atoms with Crippen LogP contribution in [0.5, 0.6) is 0 Å². The summed E-state index contributed by atoms with van der Waals surface area (Å²) in [5, 5.41) is 2.86. The first-order valence-corrected chi connectivity index (χ1v) is 11.7. The van der Waals surface area contributed by atoms with Gasteiger partial charge in [0.05, 0.1) is 10.6 Å². The quantitative estimate of drug-likeness (QED) is 0.697. The Morgan fingerprint density at radius 2 is 1.77 bits per heavy atom. The summed E-state index contributed by atoms with van der Waals surface area (Å²) in [6.07, 6.45) is 1.96. The molecule has 6 nitrogen and oxygen atoms in total. The van der Waals surface area contributed by atoms with Crippen molar-refractivity contribution in [1.29, 1.82) is 0 Å². The van der Waals surface area contributed by atoms with Gasteiger partial charge in [0, 0.05) is 30.7 Å². The molecule has 1 fully saturated rings. The molecule has 1 aliphatic heterocycles. The number of hydrogen-bond acceptors (Lipinski definition) is 4. The highest BCUT2D eigenvalue weighted by molar-refractivity contribution is 7.89. The standard InChI is InChI=1S/C22H28FN3O3S/c1-3-16(2)25-30(28,29)19-10-8-18(9-11-19)24-22(27)17-12-14-26(15-13-17)21-7-5-4-6-20(21)23/h4-11,16-17,25H,3,12-15H2,1-2H3,(H,24,27). The Bertz CT molecular complexity index is 971. The van der Waals surface area contributed by atoms with E-state index in [2.05, 4.69) is 10.0 Å². The van der Waals surface area contributed by atoms with Crippen LogP contribution in [-0.2, 0) is 14.8 Å². The number of hydrogen-bond donors (Lipinski definition) is 2. The van der Waals surface area contributed by atoms with Crippen LogP contribution in [0, 0.1) is 11.7 Å². The molecular formula is C22H28FN3O3S. The molecule has 2 aromatic rings. The van der Waals surface area contributed by atoms with Crippen molar-refractivity contribution in [1.82, 2.24) is 4.72 Å². The fourth-order valence-electron chi connectivity index (χ4n) is 3.47. The van der Waals surface area contributed by atoms with E-state index in [1.54, 1.807) is 30.3 Å². The number of piperidine rings is 1. The van der Waals surface area contributed by atoms with E-state index in [1.807, 2.05) is 18.7 Å². The number of benzene rings is 2. The van der Waals surface area contributed by atoms with Crippen molar-refractivity contribution in [3.8, 4) is 0 Å². The lowest BCUT2D eigenvalue weighted by Crippen LogP contribution is -2.38. The van der Waals surface area contributed by atoms with E-state index >= 15 is 0 Å². The molecule has 0 aliphatic carbocycles. The van der Waals surface area contributed by atoms with Gasteiger partial charge in [0.2, 0.25) is 15.9 Å². The van der Waals surface area contributed by atoms with Gasteiger partial charge in [-0.1, -0.05) is 19.1 Å². The predicted octanol–water partition coefficient (Wildman–Crippen LogP) is 3.76. The number of rotatable bonds is 7. The third-order valence-electron chi connectivity index (χ3n) is 5.46. The van der Waals surface area contributed by atoms with Crippen molar-refractivity contribution >= 4 is 27.3 Å². The fourth-order valence-corrected chi connectivity index (χ4v) is 4.80. The molecular weight excluding hydrogens is 405 g/mol. The van der Waals surface area contributed by atoms with Gasteiger partial charge in [-0.25, -0.2) is 17.5 Å². The second-order valence-electron chi connectivity index (χ2n) is 7.66. The molecule has 0 spiro atoms. The number of nitrogens with one attached hydrogen (secondary N) is 2. The Hall–Kier alpha value is -2.45. The number of anilines is 2. The van der Waals surface area contributed by atoms with E-state index in [-0.39, 0.29) is 28.6 Å². The van der Waals surface area contributed by atoms with Crippen molar-refractivity contribution in [2.45, 2.75) is 44.0 Å². The summed E-state index contributed by atoms with van der Waals surface area (Å²) < 4.78 is 41.2. The highest BCUT2D eigenvalue weighted by atomic mass is 32.2. The van der Waals surface area contributed by atoms with Crippen molar-refractivity contribution in [3.05, 3.63) is 54.3 Å². The smallest absolute Gasteiger partial charge is 0.240 e. The summed E-state index contributed by atoms with van der Waals surface area (Å²) in [6, 6.07) is 12.7. The van der Waals surface area contributed by atoms with Gasteiger partial charge in [-0.15, -0.1) is 0 Å². The van der Waals surface area contributed by atoms with Crippen LogP contribution in [0.25, 0.3) is 0 Å². The number of para-hydroxylation sites is 1. The molecule has 1 amide bonds. The zero-order chi connectivity index (χ0) is 21.7. The lowest BCUT2D eigenvalue weighted by atomic mass is 9.95. The zero-order valence-corrected chi connectivity index (χ0v) is 18.1. The molecule has 1 unspecified atom stereocenters. The Balaban J connectivity index is 1.56.